The van der Waals surface area contributed by atoms with E-state index in [0.29, 0.717) is 18.4 Å². The summed E-state index contributed by atoms with van der Waals surface area (Å²) in [7, 11) is 0. The van der Waals surface area contributed by atoms with Crippen molar-refractivity contribution in [2.75, 3.05) is 6.61 Å². The molecule has 2 aliphatic carbocycles. The van der Waals surface area contributed by atoms with E-state index < -0.39 is 17.4 Å². The van der Waals surface area contributed by atoms with Crippen LogP contribution in [0.2, 0.25) is 0 Å². The Labute approximate surface area is 150 Å². The molecule has 25 heavy (non-hydrogen) atoms. The first-order valence-corrected chi connectivity index (χ1v) is 9.36. The van der Waals surface area contributed by atoms with E-state index in [1.165, 1.54) is 38.5 Å². The summed E-state index contributed by atoms with van der Waals surface area (Å²) >= 11 is 0. The molecule has 0 amide bonds. The van der Waals surface area contributed by atoms with Gasteiger partial charge in [0.25, 0.3) is 0 Å². The van der Waals surface area contributed by atoms with E-state index in [9.17, 15) is 8.78 Å². The van der Waals surface area contributed by atoms with E-state index in [2.05, 4.69) is 19.2 Å². The van der Waals surface area contributed by atoms with Crippen molar-refractivity contribution in [3.63, 3.8) is 0 Å². The van der Waals surface area contributed by atoms with Gasteiger partial charge in [-0.15, -0.1) is 6.58 Å². The zero-order valence-electron chi connectivity index (χ0n) is 14.9. The zero-order chi connectivity index (χ0) is 18.2. The normalized spacial score (nSPS) is 31.8. The Bertz CT molecular complexity index is 508. The second-order valence-corrected chi connectivity index (χ2v) is 7.39. The minimum Gasteiger partial charge on any atom is -0.505 e. The first-order valence-electron chi connectivity index (χ1n) is 9.36. The van der Waals surface area contributed by atoms with Crippen LogP contribution in [0.25, 0.3) is 0 Å². The molecule has 0 radical (unpaired) electrons. The second kappa shape index (κ2) is 9.79. The van der Waals surface area contributed by atoms with Crippen LogP contribution in [-0.4, -0.2) is 11.7 Å². The summed E-state index contributed by atoms with van der Waals surface area (Å²) in [6.45, 7) is 7.49. The minimum absolute atomic E-state index is 0.393. The van der Waals surface area contributed by atoms with E-state index in [0.717, 1.165) is 37.0 Å². The number of allylic oxidation sites excluding steroid dienone is 4. The van der Waals surface area contributed by atoms with Crippen LogP contribution in [0.1, 0.15) is 51.4 Å². The molecule has 0 bridgehead atoms. The van der Waals surface area contributed by atoms with Crippen LogP contribution in [0.3, 0.4) is 0 Å². The topological polar surface area (TPSA) is 29.5 Å². The number of ether oxygens (including phenoxy) is 1. The van der Waals surface area contributed by atoms with Crippen molar-refractivity contribution in [2.45, 2.75) is 51.4 Å². The predicted molar refractivity (Wildman–Crippen MR) is 97.2 cm³/mol. The smallest absolute Gasteiger partial charge is 0.203 e. The lowest BCUT2D eigenvalue weighted by molar-refractivity contribution is 0.111. The quantitative estimate of drug-likeness (QED) is 0.320. The van der Waals surface area contributed by atoms with Gasteiger partial charge in [0.2, 0.25) is 5.83 Å². The molecule has 4 heteroatoms. The summed E-state index contributed by atoms with van der Waals surface area (Å²) in [5.74, 6) is -0.610. The number of hydrogen-bond acceptors (Lipinski definition) is 2. The molecule has 2 nitrogen and oxygen atoms in total. The molecule has 1 N–H and O–H groups in total. The van der Waals surface area contributed by atoms with Gasteiger partial charge in [0.1, 0.15) is 6.26 Å². The molecule has 2 aliphatic rings. The van der Waals surface area contributed by atoms with Crippen LogP contribution < -0.4 is 0 Å². The molecule has 0 aliphatic heterocycles. The Kier molecular flexibility index (Phi) is 7.73. The van der Waals surface area contributed by atoms with Gasteiger partial charge in [-0.2, -0.15) is 4.39 Å². The van der Waals surface area contributed by atoms with Gasteiger partial charge in [0, 0.05) is 0 Å². The Balaban J connectivity index is 1.70. The lowest BCUT2D eigenvalue weighted by Gasteiger charge is -2.37. The fraction of sp³-hybridized carbons (Fsp3) is 0.619. The molecule has 0 aromatic heterocycles. The summed E-state index contributed by atoms with van der Waals surface area (Å²) in [5, 5.41) is 9.07. The molecule has 0 heterocycles. The largest absolute Gasteiger partial charge is 0.505 e. The van der Waals surface area contributed by atoms with Crippen molar-refractivity contribution in [3.8, 4) is 0 Å². The maximum Gasteiger partial charge on any atom is 0.203 e. The van der Waals surface area contributed by atoms with Crippen LogP contribution >= 0.6 is 0 Å². The van der Waals surface area contributed by atoms with Crippen molar-refractivity contribution < 1.29 is 18.6 Å². The highest BCUT2D eigenvalue weighted by Crippen LogP contribution is 2.41. The highest BCUT2D eigenvalue weighted by molar-refractivity contribution is 5.25. The summed E-state index contributed by atoms with van der Waals surface area (Å²) in [5.41, 5.74) is 0. The van der Waals surface area contributed by atoms with Gasteiger partial charge in [-0.25, -0.2) is 4.39 Å². The third-order valence-corrected chi connectivity index (χ3v) is 5.85. The van der Waals surface area contributed by atoms with Gasteiger partial charge in [-0.05, 0) is 81.1 Å². The van der Waals surface area contributed by atoms with Crippen molar-refractivity contribution in [1.29, 1.82) is 0 Å². The molecule has 0 atom stereocenters. The number of hydrogen-bond donors (Lipinski definition) is 1. The molecule has 2 saturated carbocycles. The van der Waals surface area contributed by atoms with E-state index in [4.69, 9.17) is 9.84 Å². The maximum atomic E-state index is 13.4. The minimum atomic E-state index is -1.34. The van der Waals surface area contributed by atoms with Crippen molar-refractivity contribution >= 4 is 0 Å². The second-order valence-electron chi connectivity index (χ2n) is 7.39. The third-order valence-electron chi connectivity index (χ3n) is 5.85. The first-order chi connectivity index (χ1) is 12.0. The highest BCUT2D eigenvalue weighted by Gasteiger charge is 2.30. The van der Waals surface area contributed by atoms with E-state index in [1.807, 2.05) is 0 Å². The number of aliphatic hydroxyl groups is 1. The standard InChI is InChI=1S/C21H30F2O2/c1-3-15-5-9-17(10-6-15)18-11-7-16(8-12-18)13-25-14-19(22)21(23)20(24)4-2/h3-4,14-18,24H,1-2,5-13H2/b19-14-,21-20-. The molecular weight excluding hydrogens is 322 g/mol. The summed E-state index contributed by atoms with van der Waals surface area (Å²) in [6, 6.07) is 0. The van der Waals surface area contributed by atoms with Gasteiger partial charge in [0.15, 0.2) is 11.6 Å². The predicted octanol–water partition coefficient (Wildman–Crippen LogP) is 6.54. The van der Waals surface area contributed by atoms with Crippen molar-refractivity contribution in [3.05, 3.63) is 49.0 Å². The first kappa shape index (κ1) is 19.7. The van der Waals surface area contributed by atoms with E-state index >= 15 is 0 Å². The molecule has 2 fully saturated rings. The molecule has 0 aromatic carbocycles. The van der Waals surface area contributed by atoms with E-state index in [-0.39, 0.29) is 0 Å². The average Bonchev–Trinajstić information content (AvgIpc) is 2.67. The zero-order valence-corrected chi connectivity index (χ0v) is 14.9. The SMILES string of the molecule is C=C/C(O)=C(F)\C(F)=C\OCC1CCC(C2CCC(C=C)CC2)CC1. The lowest BCUT2D eigenvalue weighted by atomic mass is 9.69. The highest BCUT2D eigenvalue weighted by atomic mass is 19.2. The number of halogens is 2. The molecule has 0 unspecified atom stereocenters. The molecular formula is C21H30F2O2. The molecule has 0 spiro atoms. The monoisotopic (exact) mass is 352 g/mol. The molecule has 140 valence electrons. The number of aliphatic hydroxyl groups excluding tert-OH is 1. The van der Waals surface area contributed by atoms with Gasteiger partial charge >= 0.3 is 0 Å². The molecule has 2 rings (SSSR count). The van der Waals surface area contributed by atoms with Gasteiger partial charge in [-0.3, -0.25) is 0 Å². The van der Waals surface area contributed by atoms with Crippen LogP contribution in [-0.2, 0) is 4.74 Å². The summed E-state index contributed by atoms with van der Waals surface area (Å²) < 4.78 is 31.9. The van der Waals surface area contributed by atoms with Crippen molar-refractivity contribution in [1.82, 2.24) is 0 Å². The van der Waals surface area contributed by atoms with Gasteiger partial charge in [-0.1, -0.05) is 12.7 Å². The lowest BCUT2D eigenvalue weighted by Crippen LogP contribution is -2.26. The Morgan fingerprint density at radius 1 is 0.960 bits per heavy atom. The van der Waals surface area contributed by atoms with Crippen LogP contribution in [0.15, 0.2) is 49.0 Å². The maximum absolute atomic E-state index is 13.4. The molecule has 0 aromatic rings. The Morgan fingerprint density at radius 2 is 1.52 bits per heavy atom. The average molecular weight is 352 g/mol. The van der Waals surface area contributed by atoms with Crippen molar-refractivity contribution in [2.24, 2.45) is 23.7 Å². The van der Waals surface area contributed by atoms with Gasteiger partial charge < -0.3 is 9.84 Å². The summed E-state index contributed by atoms with van der Waals surface area (Å²) in [6.07, 6.45) is 13.5. The fourth-order valence-electron chi connectivity index (χ4n) is 4.20. The summed E-state index contributed by atoms with van der Waals surface area (Å²) in [4.78, 5) is 0. The third kappa shape index (κ3) is 5.72. The van der Waals surface area contributed by atoms with E-state index in [1.54, 1.807) is 0 Å². The van der Waals surface area contributed by atoms with Gasteiger partial charge in [0.05, 0.1) is 6.61 Å². The number of rotatable bonds is 7. The molecule has 0 saturated heterocycles. The van der Waals surface area contributed by atoms with Crippen LogP contribution in [0.5, 0.6) is 0 Å². The Hall–Kier alpha value is -1.58. The Morgan fingerprint density at radius 3 is 2.04 bits per heavy atom. The van der Waals surface area contributed by atoms with Crippen LogP contribution in [0, 0.1) is 23.7 Å². The fourth-order valence-corrected chi connectivity index (χ4v) is 4.20. The van der Waals surface area contributed by atoms with Crippen LogP contribution in [0.4, 0.5) is 8.78 Å².